The molecule has 0 aromatic heterocycles. The van der Waals surface area contributed by atoms with Gasteiger partial charge in [0.15, 0.2) is 0 Å². The number of anilines is 1. The van der Waals surface area contributed by atoms with Crippen molar-refractivity contribution in [2.75, 3.05) is 65.0 Å². The van der Waals surface area contributed by atoms with Gasteiger partial charge >= 0.3 is 0 Å². The fourth-order valence-electron chi connectivity index (χ4n) is 4.75. The van der Waals surface area contributed by atoms with Crippen LogP contribution in [0.1, 0.15) is 22.7 Å². The minimum absolute atomic E-state index is 0.101. The van der Waals surface area contributed by atoms with Crippen molar-refractivity contribution < 1.29 is 24.2 Å². The van der Waals surface area contributed by atoms with Crippen LogP contribution >= 0.6 is 0 Å². The average molecular weight is 506 g/mol. The Morgan fingerprint density at radius 3 is 2.46 bits per heavy atom. The molecule has 2 heterocycles. The van der Waals surface area contributed by atoms with E-state index in [0.717, 1.165) is 29.9 Å². The molecule has 0 radical (unpaired) electrons. The summed E-state index contributed by atoms with van der Waals surface area (Å²) in [5, 5.41) is 11.4. The number of ether oxygens (including phenoxy) is 2. The van der Waals surface area contributed by atoms with Crippen molar-refractivity contribution in [3.8, 4) is 5.75 Å². The summed E-state index contributed by atoms with van der Waals surface area (Å²) in [5.74, 6) is -0.796. The lowest BCUT2D eigenvalue weighted by molar-refractivity contribution is -0.140. The SMILES string of the molecule is C=CCOc1ccc(/C(O)=C2\C(=O)C(=O)N(CCN3CCOCC3)C2c2ccc(N(C)C)cc2)cc1C. The number of likely N-dealkylation sites (tertiary alicyclic amines) is 1. The number of hydrogen-bond acceptors (Lipinski definition) is 7. The van der Waals surface area contributed by atoms with E-state index in [-0.39, 0.29) is 11.3 Å². The van der Waals surface area contributed by atoms with Crippen molar-refractivity contribution >= 4 is 23.1 Å². The molecule has 1 unspecified atom stereocenters. The van der Waals surface area contributed by atoms with Gasteiger partial charge in [-0.1, -0.05) is 24.8 Å². The van der Waals surface area contributed by atoms with Crippen LogP contribution in [0.2, 0.25) is 0 Å². The van der Waals surface area contributed by atoms with E-state index in [1.165, 1.54) is 0 Å². The van der Waals surface area contributed by atoms with Crippen LogP contribution in [0.4, 0.5) is 5.69 Å². The van der Waals surface area contributed by atoms with Crippen LogP contribution in [-0.4, -0.2) is 86.7 Å². The Bertz CT molecular complexity index is 1180. The Morgan fingerprint density at radius 1 is 1.14 bits per heavy atom. The molecule has 2 fully saturated rings. The van der Waals surface area contributed by atoms with Crippen LogP contribution in [-0.2, 0) is 14.3 Å². The van der Waals surface area contributed by atoms with Gasteiger partial charge in [0, 0.05) is 51.5 Å². The molecule has 2 aliphatic heterocycles. The minimum Gasteiger partial charge on any atom is -0.507 e. The molecular formula is C29H35N3O5. The number of carbonyl (C=O) groups is 2. The minimum atomic E-state index is -0.686. The molecule has 4 rings (SSSR count). The summed E-state index contributed by atoms with van der Waals surface area (Å²) in [5.41, 5.74) is 3.14. The van der Waals surface area contributed by atoms with Crippen LogP contribution in [0, 0.1) is 6.92 Å². The van der Waals surface area contributed by atoms with Gasteiger partial charge in [-0.05, 0) is 48.4 Å². The third-order valence-electron chi connectivity index (χ3n) is 6.83. The molecule has 2 aromatic rings. The normalized spacial score (nSPS) is 19.8. The van der Waals surface area contributed by atoms with E-state index < -0.39 is 17.7 Å². The van der Waals surface area contributed by atoms with E-state index in [9.17, 15) is 14.7 Å². The highest BCUT2D eigenvalue weighted by molar-refractivity contribution is 6.46. The molecule has 0 aliphatic carbocycles. The molecule has 1 N–H and O–H groups in total. The molecule has 8 nitrogen and oxygen atoms in total. The predicted molar refractivity (Wildman–Crippen MR) is 144 cm³/mol. The van der Waals surface area contributed by atoms with E-state index in [1.54, 1.807) is 29.2 Å². The number of aliphatic hydroxyl groups excluding tert-OH is 1. The number of ketones is 1. The first-order valence-corrected chi connectivity index (χ1v) is 12.5. The van der Waals surface area contributed by atoms with Crippen molar-refractivity contribution in [3.63, 3.8) is 0 Å². The average Bonchev–Trinajstić information content (AvgIpc) is 3.16. The van der Waals surface area contributed by atoms with E-state index >= 15 is 0 Å². The maximum absolute atomic E-state index is 13.3. The largest absolute Gasteiger partial charge is 0.507 e. The Morgan fingerprint density at radius 2 is 1.84 bits per heavy atom. The smallest absolute Gasteiger partial charge is 0.295 e. The second-order valence-electron chi connectivity index (χ2n) is 9.51. The fourth-order valence-corrected chi connectivity index (χ4v) is 4.75. The maximum atomic E-state index is 13.3. The molecule has 0 spiro atoms. The van der Waals surface area contributed by atoms with Crippen LogP contribution in [0.5, 0.6) is 5.75 Å². The summed E-state index contributed by atoms with van der Waals surface area (Å²) in [6.45, 7) is 9.76. The summed E-state index contributed by atoms with van der Waals surface area (Å²) in [6.07, 6.45) is 1.66. The Labute approximate surface area is 218 Å². The van der Waals surface area contributed by atoms with Gasteiger partial charge in [0.1, 0.15) is 18.1 Å². The molecule has 2 aliphatic rings. The number of Topliss-reactive ketones (excluding diaryl/α,β-unsaturated/α-hetero) is 1. The summed E-state index contributed by atoms with van der Waals surface area (Å²) >= 11 is 0. The molecule has 2 aromatic carbocycles. The van der Waals surface area contributed by atoms with Gasteiger partial charge in [-0.2, -0.15) is 0 Å². The van der Waals surface area contributed by atoms with E-state index in [1.807, 2.05) is 50.2 Å². The zero-order valence-electron chi connectivity index (χ0n) is 21.8. The third-order valence-corrected chi connectivity index (χ3v) is 6.83. The van der Waals surface area contributed by atoms with Gasteiger partial charge < -0.3 is 24.4 Å². The summed E-state index contributed by atoms with van der Waals surface area (Å²) < 4.78 is 11.1. The quantitative estimate of drug-likeness (QED) is 0.242. The third kappa shape index (κ3) is 5.70. The van der Waals surface area contributed by atoms with Crippen molar-refractivity contribution in [3.05, 3.63) is 77.4 Å². The van der Waals surface area contributed by atoms with Gasteiger partial charge in [-0.3, -0.25) is 14.5 Å². The molecule has 8 heteroatoms. The second-order valence-corrected chi connectivity index (χ2v) is 9.51. The molecule has 196 valence electrons. The molecular weight excluding hydrogens is 470 g/mol. The predicted octanol–water partition coefficient (Wildman–Crippen LogP) is 3.38. The second kappa shape index (κ2) is 11.6. The van der Waals surface area contributed by atoms with Crippen LogP contribution in [0.15, 0.2) is 60.7 Å². The number of rotatable bonds is 9. The van der Waals surface area contributed by atoms with Crippen molar-refractivity contribution in [2.45, 2.75) is 13.0 Å². The zero-order valence-corrected chi connectivity index (χ0v) is 21.8. The van der Waals surface area contributed by atoms with E-state index in [2.05, 4.69) is 11.5 Å². The molecule has 0 saturated carbocycles. The Hall–Kier alpha value is -3.62. The maximum Gasteiger partial charge on any atom is 0.295 e. The van der Waals surface area contributed by atoms with E-state index in [4.69, 9.17) is 9.47 Å². The fraction of sp³-hybridized carbons (Fsp3) is 0.379. The number of carbonyl (C=O) groups excluding carboxylic acids is 2. The van der Waals surface area contributed by atoms with Gasteiger partial charge in [-0.25, -0.2) is 0 Å². The highest BCUT2D eigenvalue weighted by Crippen LogP contribution is 2.40. The first kappa shape index (κ1) is 26.4. The van der Waals surface area contributed by atoms with Crippen LogP contribution in [0.3, 0.4) is 0 Å². The molecule has 2 saturated heterocycles. The first-order chi connectivity index (χ1) is 17.8. The van der Waals surface area contributed by atoms with Crippen molar-refractivity contribution in [2.24, 2.45) is 0 Å². The highest BCUT2D eigenvalue weighted by Gasteiger charge is 2.46. The molecule has 1 amide bonds. The molecule has 0 bridgehead atoms. The standard InChI is InChI=1S/C29H35N3O5/c1-5-16-37-24-11-8-22(19-20(24)2)27(33)25-26(21-6-9-23(10-7-21)30(3)4)32(29(35)28(25)34)13-12-31-14-17-36-18-15-31/h5-11,19,26,33H,1,12-18H2,2-4H3/b27-25+. The highest BCUT2D eigenvalue weighted by atomic mass is 16.5. The van der Waals surface area contributed by atoms with Gasteiger partial charge in [0.2, 0.25) is 0 Å². The topological polar surface area (TPSA) is 82.5 Å². The summed E-state index contributed by atoms with van der Waals surface area (Å²) in [6, 6.07) is 12.3. The van der Waals surface area contributed by atoms with Gasteiger partial charge in [-0.15, -0.1) is 0 Å². The number of amides is 1. The molecule has 1 atom stereocenters. The van der Waals surface area contributed by atoms with Crippen LogP contribution < -0.4 is 9.64 Å². The number of aryl methyl sites for hydroxylation is 1. The number of hydrogen-bond donors (Lipinski definition) is 1. The Kier molecular flexibility index (Phi) is 8.31. The van der Waals surface area contributed by atoms with E-state index in [0.29, 0.717) is 44.2 Å². The molecule has 37 heavy (non-hydrogen) atoms. The van der Waals surface area contributed by atoms with Gasteiger partial charge in [0.05, 0.1) is 24.8 Å². The number of aliphatic hydroxyl groups is 1. The number of benzene rings is 2. The van der Waals surface area contributed by atoms with Gasteiger partial charge in [0.25, 0.3) is 11.7 Å². The number of morpholine rings is 1. The number of nitrogens with zero attached hydrogens (tertiary/aromatic N) is 3. The summed E-state index contributed by atoms with van der Waals surface area (Å²) in [7, 11) is 3.91. The lowest BCUT2D eigenvalue weighted by Crippen LogP contribution is -2.42. The zero-order chi connectivity index (χ0) is 26.5. The van der Waals surface area contributed by atoms with Crippen molar-refractivity contribution in [1.29, 1.82) is 0 Å². The van der Waals surface area contributed by atoms with Crippen LogP contribution in [0.25, 0.3) is 5.76 Å². The van der Waals surface area contributed by atoms with Crippen molar-refractivity contribution in [1.82, 2.24) is 9.80 Å². The Balaban J connectivity index is 1.73. The lowest BCUT2D eigenvalue weighted by Gasteiger charge is -2.31. The summed E-state index contributed by atoms with van der Waals surface area (Å²) in [4.78, 5) is 32.4. The lowest BCUT2D eigenvalue weighted by atomic mass is 9.94. The first-order valence-electron chi connectivity index (χ1n) is 12.5. The monoisotopic (exact) mass is 505 g/mol.